The van der Waals surface area contributed by atoms with E-state index in [1.165, 1.54) is 31.3 Å². The zero-order valence-electron chi connectivity index (χ0n) is 9.83. The maximum atomic E-state index is 11.5. The minimum Gasteiger partial charge on any atom is -0.473 e. The predicted molar refractivity (Wildman–Crippen MR) is 64.2 cm³/mol. The maximum absolute atomic E-state index is 11.5. The number of hydrogen-bond donors (Lipinski definition) is 1. The highest BCUT2D eigenvalue weighted by atomic mass is 16.6. The van der Waals surface area contributed by atoms with Crippen LogP contribution >= 0.6 is 0 Å². The van der Waals surface area contributed by atoms with Gasteiger partial charge in [0.15, 0.2) is 6.10 Å². The molecule has 96 valence electrons. The van der Waals surface area contributed by atoms with Crippen molar-refractivity contribution in [2.24, 2.45) is 0 Å². The number of nitrogens with one attached hydrogen (secondary N) is 1. The number of carbonyl (C=O) groups is 1. The molecule has 0 saturated heterocycles. The number of nitrogens with zero attached hydrogens (tertiary/aromatic N) is 2. The minimum absolute atomic E-state index is 0.0382. The molecule has 1 amide bonds. The van der Waals surface area contributed by atoms with Gasteiger partial charge >= 0.3 is 5.82 Å². The molecule has 0 bridgehead atoms. The number of aromatic nitrogens is 1. The SMILES string of the molecule is C=CCNC(=O)C(C)Oc1cccnc1[N+](=O)[O-]. The van der Waals surface area contributed by atoms with Gasteiger partial charge in [0, 0.05) is 6.54 Å². The molecule has 0 aliphatic rings. The van der Waals surface area contributed by atoms with Crippen molar-refractivity contribution in [3.63, 3.8) is 0 Å². The highest BCUT2D eigenvalue weighted by Crippen LogP contribution is 2.23. The monoisotopic (exact) mass is 251 g/mol. The summed E-state index contributed by atoms with van der Waals surface area (Å²) >= 11 is 0. The van der Waals surface area contributed by atoms with Crippen LogP contribution in [0.1, 0.15) is 6.92 Å². The molecule has 18 heavy (non-hydrogen) atoms. The third kappa shape index (κ3) is 3.55. The van der Waals surface area contributed by atoms with Crippen LogP contribution in [0, 0.1) is 10.1 Å². The van der Waals surface area contributed by atoms with Gasteiger partial charge in [-0.3, -0.25) is 4.79 Å². The Hall–Kier alpha value is -2.44. The van der Waals surface area contributed by atoms with Crippen LogP contribution in [-0.4, -0.2) is 28.5 Å². The molecule has 1 aromatic rings. The third-order valence-corrected chi connectivity index (χ3v) is 2.02. The maximum Gasteiger partial charge on any atom is 0.406 e. The van der Waals surface area contributed by atoms with Crippen molar-refractivity contribution >= 4 is 11.7 Å². The second kappa shape index (κ2) is 6.33. The number of ether oxygens (including phenoxy) is 1. The molecule has 1 N–H and O–H groups in total. The summed E-state index contributed by atoms with van der Waals surface area (Å²) in [6.45, 7) is 5.26. The van der Waals surface area contributed by atoms with E-state index in [1.54, 1.807) is 0 Å². The highest BCUT2D eigenvalue weighted by molar-refractivity contribution is 5.80. The first-order valence-electron chi connectivity index (χ1n) is 5.21. The van der Waals surface area contributed by atoms with Gasteiger partial charge < -0.3 is 20.2 Å². The van der Waals surface area contributed by atoms with Crippen molar-refractivity contribution in [1.82, 2.24) is 10.3 Å². The topological polar surface area (TPSA) is 94.4 Å². The number of nitro groups is 1. The first kappa shape index (κ1) is 13.6. The van der Waals surface area contributed by atoms with E-state index < -0.39 is 16.8 Å². The fraction of sp³-hybridized carbons (Fsp3) is 0.273. The number of carbonyl (C=O) groups excluding carboxylic acids is 1. The average molecular weight is 251 g/mol. The largest absolute Gasteiger partial charge is 0.473 e. The van der Waals surface area contributed by atoms with Gasteiger partial charge in [0.2, 0.25) is 5.75 Å². The lowest BCUT2D eigenvalue weighted by Gasteiger charge is -2.13. The lowest BCUT2D eigenvalue weighted by Crippen LogP contribution is -2.36. The molecule has 1 unspecified atom stereocenters. The molecule has 0 aliphatic heterocycles. The number of hydrogen-bond acceptors (Lipinski definition) is 5. The molecule has 0 radical (unpaired) electrons. The quantitative estimate of drug-likeness (QED) is 0.463. The molecular formula is C11H13N3O4. The van der Waals surface area contributed by atoms with Crippen LogP contribution in [0.2, 0.25) is 0 Å². The standard InChI is InChI=1S/C11H13N3O4/c1-3-6-13-11(15)8(2)18-9-5-4-7-12-10(9)14(16)17/h3-5,7-8H,1,6H2,2H3,(H,13,15). The summed E-state index contributed by atoms with van der Waals surface area (Å²) in [6.07, 6.45) is 1.96. The Balaban J connectivity index is 2.75. The van der Waals surface area contributed by atoms with Crippen LogP contribution in [0.5, 0.6) is 5.75 Å². The fourth-order valence-electron chi connectivity index (χ4n) is 1.17. The van der Waals surface area contributed by atoms with E-state index in [4.69, 9.17) is 4.74 Å². The average Bonchev–Trinajstić information content (AvgIpc) is 2.36. The molecule has 0 aliphatic carbocycles. The molecule has 1 heterocycles. The smallest absolute Gasteiger partial charge is 0.406 e. The summed E-state index contributed by atoms with van der Waals surface area (Å²) < 4.78 is 5.22. The summed E-state index contributed by atoms with van der Waals surface area (Å²) in [6, 6.07) is 2.89. The van der Waals surface area contributed by atoms with E-state index in [0.717, 1.165) is 0 Å². The molecule has 0 spiro atoms. The Morgan fingerprint density at radius 3 is 3.11 bits per heavy atom. The summed E-state index contributed by atoms with van der Waals surface area (Å²) in [5.41, 5.74) is 0. The van der Waals surface area contributed by atoms with Crippen LogP contribution in [-0.2, 0) is 4.79 Å². The lowest BCUT2D eigenvalue weighted by molar-refractivity contribution is -0.390. The van der Waals surface area contributed by atoms with Crippen molar-refractivity contribution in [3.8, 4) is 5.75 Å². The molecule has 0 saturated carbocycles. The zero-order valence-corrected chi connectivity index (χ0v) is 9.83. The Bertz CT molecular complexity index is 461. The first-order valence-corrected chi connectivity index (χ1v) is 5.21. The molecule has 0 fully saturated rings. The van der Waals surface area contributed by atoms with Gasteiger partial charge in [0.1, 0.15) is 6.20 Å². The van der Waals surface area contributed by atoms with Gasteiger partial charge in [0.05, 0.1) is 0 Å². The van der Waals surface area contributed by atoms with Crippen molar-refractivity contribution in [2.45, 2.75) is 13.0 Å². The number of pyridine rings is 1. The molecule has 1 rings (SSSR count). The molecule has 7 heteroatoms. The van der Waals surface area contributed by atoms with Gasteiger partial charge in [0.25, 0.3) is 5.91 Å². The summed E-state index contributed by atoms with van der Waals surface area (Å²) in [4.78, 5) is 25.1. The molecule has 7 nitrogen and oxygen atoms in total. The van der Waals surface area contributed by atoms with Gasteiger partial charge in [-0.15, -0.1) is 6.58 Å². The van der Waals surface area contributed by atoms with Crippen LogP contribution < -0.4 is 10.1 Å². The van der Waals surface area contributed by atoms with Crippen molar-refractivity contribution < 1.29 is 14.5 Å². The van der Waals surface area contributed by atoms with Crippen LogP contribution in [0.15, 0.2) is 31.0 Å². The van der Waals surface area contributed by atoms with Crippen LogP contribution in [0.3, 0.4) is 0 Å². The lowest BCUT2D eigenvalue weighted by atomic mass is 10.3. The predicted octanol–water partition coefficient (Wildman–Crippen LogP) is 1.06. The third-order valence-electron chi connectivity index (χ3n) is 2.02. The van der Waals surface area contributed by atoms with Crippen molar-refractivity contribution in [1.29, 1.82) is 0 Å². The molecule has 1 atom stereocenters. The van der Waals surface area contributed by atoms with E-state index in [-0.39, 0.29) is 11.7 Å². The molecule has 0 aromatic carbocycles. The second-order valence-corrected chi connectivity index (χ2v) is 3.38. The van der Waals surface area contributed by atoms with Gasteiger partial charge in [-0.25, -0.2) is 0 Å². The number of amides is 1. The zero-order chi connectivity index (χ0) is 13.5. The fourth-order valence-corrected chi connectivity index (χ4v) is 1.17. The van der Waals surface area contributed by atoms with Gasteiger partial charge in [-0.2, -0.15) is 0 Å². The summed E-state index contributed by atoms with van der Waals surface area (Å²) in [7, 11) is 0. The Labute approximate surface area is 104 Å². The van der Waals surface area contributed by atoms with E-state index >= 15 is 0 Å². The number of rotatable bonds is 6. The van der Waals surface area contributed by atoms with Crippen molar-refractivity contribution in [3.05, 3.63) is 41.1 Å². The highest BCUT2D eigenvalue weighted by Gasteiger charge is 2.21. The van der Waals surface area contributed by atoms with Crippen LogP contribution in [0.25, 0.3) is 0 Å². The Morgan fingerprint density at radius 2 is 2.50 bits per heavy atom. The van der Waals surface area contributed by atoms with E-state index in [0.29, 0.717) is 6.54 Å². The second-order valence-electron chi connectivity index (χ2n) is 3.38. The van der Waals surface area contributed by atoms with E-state index in [2.05, 4.69) is 16.9 Å². The Morgan fingerprint density at radius 1 is 1.78 bits per heavy atom. The van der Waals surface area contributed by atoms with Crippen LogP contribution in [0.4, 0.5) is 5.82 Å². The first-order chi connectivity index (χ1) is 8.56. The Kier molecular flexibility index (Phi) is 4.79. The van der Waals surface area contributed by atoms with Gasteiger partial charge in [-0.05, 0) is 29.0 Å². The van der Waals surface area contributed by atoms with E-state index in [9.17, 15) is 14.9 Å². The molecular weight excluding hydrogens is 238 g/mol. The van der Waals surface area contributed by atoms with E-state index in [1.807, 2.05) is 0 Å². The van der Waals surface area contributed by atoms with Gasteiger partial charge in [-0.1, -0.05) is 6.08 Å². The molecule has 1 aromatic heterocycles. The van der Waals surface area contributed by atoms with Crippen molar-refractivity contribution in [2.75, 3.05) is 6.54 Å². The summed E-state index contributed by atoms with van der Waals surface area (Å²) in [5.74, 6) is -0.835. The summed E-state index contributed by atoms with van der Waals surface area (Å²) in [5, 5.41) is 13.2. The minimum atomic E-state index is -0.854. The normalized spacial score (nSPS) is 11.4.